The van der Waals surface area contributed by atoms with Gasteiger partial charge in [0.25, 0.3) is 0 Å². The molecule has 0 aliphatic carbocycles. The normalized spacial score (nSPS) is 15.2. The monoisotopic (exact) mass is 216 g/mol. The van der Waals surface area contributed by atoms with E-state index in [2.05, 4.69) is 23.8 Å². The van der Waals surface area contributed by atoms with Crippen molar-refractivity contribution in [2.45, 2.75) is 32.6 Å². The van der Waals surface area contributed by atoms with Gasteiger partial charge >= 0.3 is 0 Å². The van der Waals surface area contributed by atoms with E-state index in [4.69, 9.17) is 4.74 Å². The van der Waals surface area contributed by atoms with Crippen molar-refractivity contribution in [2.75, 3.05) is 6.61 Å². The summed E-state index contributed by atoms with van der Waals surface area (Å²) in [6, 6.07) is 4.09. The summed E-state index contributed by atoms with van der Waals surface area (Å²) in [4.78, 5) is 8.04. The number of rotatable bonds is 1. The number of fused-ring (bicyclic) bond motifs is 3. The van der Waals surface area contributed by atoms with Crippen LogP contribution in [0.25, 0.3) is 11.0 Å². The molecule has 3 nitrogen and oxygen atoms in total. The van der Waals surface area contributed by atoms with Crippen LogP contribution < -0.4 is 4.74 Å². The Morgan fingerprint density at radius 3 is 3.06 bits per heavy atom. The third-order valence-electron chi connectivity index (χ3n) is 3.12. The van der Waals surface area contributed by atoms with Crippen LogP contribution >= 0.6 is 0 Å². The summed E-state index contributed by atoms with van der Waals surface area (Å²) in [5, 5.41) is 0. The highest BCUT2D eigenvalue weighted by molar-refractivity contribution is 5.81. The molecule has 1 aromatic heterocycles. The van der Waals surface area contributed by atoms with Crippen LogP contribution in [-0.4, -0.2) is 16.6 Å². The zero-order chi connectivity index (χ0) is 11.1. The zero-order valence-corrected chi connectivity index (χ0v) is 9.71. The third-order valence-corrected chi connectivity index (χ3v) is 3.12. The lowest BCUT2D eigenvalue weighted by Gasteiger charge is -2.17. The third kappa shape index (κ3) is 1.39. The Balaban J connectivity index is 2.22. The number of imidazole rings is 1. The largest absolute Gasteiger partial charge is 0.493 e. The highest BCUT2D eigenvalue weighted by Crippen LogP contribution is 2.31. The molecule has 16 heavy (non-hydrogen) atoms. The van der Waals surface area contributed by atoms with Crippen LogP contribution in [0.2, 0.25) is 0 Å². The molecule has 1 aliphatic rings. The van der Waals surface area contributed by atoms with Crippen LogP contribution in [0, 0.1) is 0 Å². The maximum atomic E-state index is 5.65. The summed E-state index contributed by atoms with van der Waals surface area (Å²) in [5.74, 6) is 2.53. The van der Waals surface area contributed by atoms with Gasteiger partial charge in [0.2, 0.25) is 0 Å². The van der Waals surface area contributed by atoms with Crippen LogP contribution in [0.3, 0.4) is 0 Å². The quantitative estimate of drug-likeness (QED) is 0.795. The molecule has 2 heterocycles. The Kier molecular flexibility index (Phi) is 2.13. The van der Waals surface area contributed by atoms with Crippen molar-refractivity contribution in [2.24, 2.45) is 0 Å². The zero-order valence-electron chi connectivity index (χ0n) is 9.71. The minimum Gasteiger partial charge on any atom is -0.493 e. The van der Waals surface area contributed by atoms with E-state index >= 15 is 0 Å². The number of hydrogen-bond donors (Lipinski definition) is 1. The molecule has 3 rings (SSSR count). The van der Waals surface area contributed by atoms with Gasteiger partial charge in [-0.1, -0.05) is 13.8 Å². The van der Waals surface area contributed by atoms with E-state index in [9.17, 15) is 0 Å². The fourth-order valence-corrected chi connectivity index (χ4v) is 2.22. The van der Waals surface area contributed by atoms with Crippen molar-refractivity contribution < 1.29 is 4.74 Å². The summed E-state index contributed by atoms with van der Waals surface area (Å²) in [6.45, 7) is 5.14. The first-order valence-electron chi connectivity index (χ1n) is 5.90. The minimum absolute atomic E-state index is 0.438. The first-order valence-corrected chi connectivity index (χ1v) is 5.90. The maximum absolute atomic E-state index is 5.65. The molecule has 0 unspecified atom stereocenters. The molecule has 0 bridgehead atoms. The molecule has 3 heteroatoms. The fraction of sp³-hybridized carbons (Fsp3) is 0.462. The molecule has 0 amide bonds. The highest BCUT2D eigenvalue weighted by Gasteiger charge is 2.16. The van der Waals surface area contributed by atoms with E-state index in [1.54, 1.807) is 0 Å². The number of aryl methyl sites for hydroxylation is 1. The van der Waals surface area contributed by atoms with Crippen LogP contribution in [0.4, 0.5) is 0 Å². The summed E-state index contributed by atoms with van der Waals surface area (Å²) >= 11 is 0. The molecular weight excluding hydrogens is 200 g/mol. The fourth-order valence-electron chi connectivity index (χ4n) is 2.22. The minimum atomic E-state index is 0.438. The second kappa shape index (κ2) is 3.51. The summed E-state index contributed by atoms with van der Waals surface area (Å²) in [5.41, 5.74) is 3.53. The lowest BCUT2D eigenvalue weighted by atomic mass is 10.0. The molecule has 0 saturated heterocycles. The molecule has 1 aromatic carbocycles. The van der Waals surface area contributed by atoms with Crippen molar-refractivity contribution in [3.05, 3.63) is 23.5 Å². The van der Waals surface area contributed by atoms with Gasteiger partial charge in [-0.2, -0.15) is 0 Å². The Hall–Kier alpha value is -1.51. The van der Waals surface area contributed by atoms with Crippen molar-refractivity contribution in [1.29, 1.82) is 0 Å². The Bertz CT molecular complexity index is 528. The standard InChI is InChI=1S/C13H16N2O/c1-8(2)13-14-10-5-6-11-9(12(10)15-13)4-3-7-16-11/h5-6,8H,3-4,7H2,1-2H3,(H,14,15). The van der Waals surface area contributed by atoms with Gasteiger partial charge < -0.3 is 9.72 Å². The summed E-state index contributed by atoms with van der Waals surface area (Å²) in [7, 11) is 0. The van der Waals surface area contributed by atoms with Gasteiger partial charge in [0, 0.05) is 11.5 Å². The lowest BCUT2D eigenvalue weighted by Crippen LogP contribution is -2.08. The highest BCUT2D eigenvalue weighted by atomic mass is 16.5. The number of nitrogens with one attached hydrogen (secondary N) is 1. The lowest BCUT2D eigenvalue weighted by molar-refractivity contribution is 0.289. The number of aromatic nitrogens is 2. The average Bonchev–Trinajstić information content (AvgIpc) is 2.73. The van der Waals surface area contributed by atoms with Gasteiger partial charge in [-0.3, -0.25) is 0 Å². The number of aromatic amines is 1. The van der Waals surface area contributed by atoms with Crippen LogP contribution in [0.1, 0.15) is 37.6 Å². The Morgan fingerprint density at radius 1 is 1.38 bits per heavy atom. The predicted molar refractivity (Wildman–Crippen MR) is 64.0 cm³/mol. The SMILES string of the molecule is CC(C)c1nc2ccc3c(c2[nH]1)CCCO3. The molecule has 0 fully saturated rings. The molecule has 0 saturated carbocycles. The molecule has 2 aromatic rings. The van der Waals surface area contributed by atoms with E-state index in [-0.39, 0.29) is 0 Å². The van der Waals surface area contributed by atoms with E-state index in [1.165, 1.54) is 11.1 Å². The van der Waals surface area contributed by atoms with Gasteiger partial charge in [-0.25, -0.2) is 4.98 Å². The van der Waals surface area contributed by atoms with Crippen molar-refractivity contribution >= 4 is 11.0 Å². The number of ether oxygens (including phenoxy) is 1. The van der Waals surface area contributed by atoms with Gasteiger partial charge in [0.05, 0.1) is 17.6 Å². The second-order valence-corrected chi connectivity index (χ2v) is 4.67. The average molecular weight is 216 g/mol. The number of H-pyrrole nitrogens is 1. The van der Waals surface area contributed by atoms with Gasteiger partial charge in [-0.05, 0) is 25.0 Å². The van der Waals surface area contributed by atoms with E-state index < -0.39 is 0 Å². The van der Waals surface area contributed by atoms with E-state index in [0.717, 1.165) is 36.5 Å². The van der Waals surface area contributed by atoms with Gasteiger partial charge in [0.15, 0.2) is 0 Å². The van der Waals surface area contributed by atoms with Crippen molar-refractivity contribution in [3.8, 4) is 5.75 Å². The molecule has 0 atom stereocenters. The molecule has 84 valence electrons. The maximum Gasteiger partial charge on any atom is 0.124 e. The molecule has 1 aliphatic heterocycles. The Labute approximate surface area is 94.8 Å². The molecule has 0 spiro atoms. The first kappa shape index (κ1) is 9.70. The summed E-state index contributed by atoms with van der Waals surface area (Å²) < 4.78 is 5.65. The Morgan fingerprint density at radius 2 is 2.25 bits per heavy atom. The molecule has 0 radical (unpaired) electrons. The van der Waals surface area contributed by atoms with Crippen molar-refractivity contribution in [1.82, 2.24) is 9.97 Å². The van der Waals surface area contributed by atoms with E-state index in [0.29, 0.717) is 5.92 Å². The molecule has 1 N–H and O–H groups in total. The number of benzene rings is 1. The van der Waals surface area contributed by atoms with Crippen LogP contribution in [0.5, 0.6) is 5.75 Å². The van der Waals surface area contributed by atoms with E-state index in [1.807, 2.05) is 12.1 Å². The predicted octanol–water partition coefficient (Wildman–Crippen LogP) is 3.01. The van der Waals surface area contributed by atoms with Crippen molar-refractivity contribution in [3.63, 3.8) is 0 Å². The second-order valence-electron chi connectivity index (χ2n) is 4.67. The molecular formula is C13H16N2O. The topological polar surface area (TPSA) is 37.9 Å². The smallest absolute Gasteiger partial charge is 0.124 e. The van der Waals surface area contributed by atoms with Crippen LogP contribution in [-0.2, 0) is 6.42 Å². The number of hydrogen-bond acceptors (Lipinski definition) is 2. The van der Waals surface area contributed by atoms with Gasteiger partial charge in [0.1, 0.15) is 11.6 Å². The van der Waals surface area contributed by atoms with Crippen LogP contribution in [0.15, 0.2) is 12.1 Å². The summed E-state index contributed by atoms with van der Waals surface area (Å²) in [6.07, 6.45) is 2.19. The van der Waals surface area contributed by atoms with Gasteiger partial charge in [-0.15, -0.1) is 0 Å². The number of nitrogens with zero attached hydrogens (tertiary/aromatic N) is 1. The first-order chi connectivity index (χ1) is 7.75.